The lowest BCUT2D eigenvalue weighted by Gasteiger charge is -2.38. The molecule has 1 amide bonds. The molecule has 2 fully saturated rings. The second-order valence-corrected chi connectivity index (χ2v) is 12.3. The zero-order valence-electron chi connectivity index (χ0n) is 18.9. The number of hydrogen-bond donors (Lipinski definition) is 1. The molecule has 4 atom stereocenters. The SMILES string of the molecule is C=CC(=O)N1C[C@H](Nc2ncnc3c2ccn3C(=O)CCCC[C@@H]2CC[S+]([O-])S2)CC[C@@H]1C. The fourth-order valence-electron chi connectivity index (χ4n) is 4.55. The van der Waals surface area contributed by atoms with E-state index in [2.05, 4.69) is 28.8 Å². The molecule has 0 radical (unpaired) electrons. The van der Waals surface area contributed by atoms with Crippen LogP contribution in [0.2, 0.25) is 0 Å². The Morgan fingerprint density at radius 1 is 1.33 bits per heavy atom. The molecule has 2 aromatic heterocycles. The van der Waals surface area contributed by atoms with E-state index in [1.54, 1.807) is 21.6 Å². The Balaban J connectivity index is 1.36. The third-order valence-electron chi connectivity index (χ3n) is 6.45. The molecule has 2 aliphatic heterocycles. The number of anilines is 1. The number of nitrogens with zero attached hydrogens (tertiary/aromatic N) is 4. The summed E-state index contributed by atoms with van der Waals surface area (Å²) >= 11 is 0. The third-order valence-corrected chi connectivity index (χ3v) is 9.93. The van der Waals surface area contributed by atoms with Gasteiger partial charge in [0.25, 0.3) is 0 Å². The van der Waals surface area contributed by atoms with E-state index in [1.807, 2.05) is 11.0 Å². The fourth-order valence-corrected chi connectivity index (χ4v) is 8.12. The van der Waals surface area contributed by atoms with E-state index in [4.69, 9.17) is 0 Å². The first-order chi connectivity index (χ1) is 16.0. The number of hydrogen-bond acceptors (Lipinski definition) is 7. The highest BCUT2D eigenvalue weighted by atomic mass is 33.1. The van der Waals surface area contributed by atoms with Crippen LogP contribution in [0.5, 0.6) is 0 Å². The van der Waals surface area contributed by atoms with Gasteiger partial charge >= 0.3 is 0 Å². The number of piperidine rings is 1. The first kappa shape index (κ1) is 24.1. The van der Waals surface area contributed by atoms with Gasteiger partial charge in [0.2, 0.25) is 11.8 Å². The highest BCUT2D eigenvalue weighted by Crippen LogP contribution is 2.34. The van der Waals surface area contributed by atoms with Crippen LogP contribution in [0.3, 0.4) is 0 Å². The lowest BCUT2D eigenvalue weighted by Crippen LogP contribution is -2.49. The number of carbonyl (C=O) groups is 2. The van der Waals surface area contributed by atoms with E-state index in [0.29, 0.717) is 29.7 Å². The van der Waals surface area contributed by atoms with E-state index < -0.39 is 10.2 Å². The summed E-state index contributed by atoms with van der Waals surface area (Å²) in [7, 11) is 0.857. The Hall–Kier alpha value is -2.04. The summed E-state index contributed by atoms with van der Waals surface area (Å²) in [4.78, 5) is 35.6. The van der Waals surface area contributed by atoms with Crippen LogP contribution in [0.25, 0.3) is 11.0 Å². The molecule has 2 saturated heterocycles. The molecule has 4 heterocycles. The molecule has 1 unspecified atom stereocenters. The predicted molar refractivity (Wildman–Crippen MR) is 134 cm³/mol. The predicted octanol–water partition coefficient (Wildman–Crippen LogP) is 3.78. The van der Waals surface area contributed by atoms with Crippen LogP contribution < -0.4 is 5.32 Å². The minimum absolute atomic E-state index is 0.0200. The molecule has 0 aliphatic carbocycles. The summed E-state index contributed by atoms with van der Waals surface area (Å²) in [6.45, 7) is 6.25. The Bertz CT molecular complexity index is 1010. The van der Waals surface area contributed by atoms with Crippen molar-refractivity contribution in [2.45, 2.75) is 69.2 Å². The summed E-state index contributed by atoms with van der Waals surface area (Å²) in [5.41, 5.74) is 0.599. The number of nitrogens with one attached hydrogen (secondary N) is 1. The smallest absolute Gasteiger partial charge is 0.246 e. The highest BCUT2D eigenvalue weighted by molar-refractivity contribution is 8.72. The van der Waals surface area contributed by atoms with Gasteiger partial charge in [0.15, 0.2) is 5.65 Å². The standard InChI is InChI=1S/C23H31N5O3S2/c1-3-20(29)28-14-17(9-8-16(28)2)26-22-19-10-12-27(23(19)25-15-24-22)21(30)7-5-4-6-18-11-13-33(31)32-18/h3,10,12,15-18H,1,4-9,11,13-14H2,2H3,(H,24,25,26)/t16-,17+,18+,33?/m0/s1. The maximum atomic E-state index is 12.8. The molecule has 10 heteroatoms. The van der Waals surface area contributed by atoms with Crippen LogP contribution >= 0.6 is 10.8 Å². The first-order valence-corrected chi connectivity index (χ1v) is 14.3. The van der Waals surface area contributed by atoms with E-state index in [1.165, 1.54) is 12.4 Å². The van der Waals surface area contributed by atoms with Crippen LogP contribution in [-0.4, -0.2) is 65.4 Å². The maximum absolute atomic E-state index is 12.8. The topological polar surface area (TPSA) is 103 Å². The summed E-state index contributed by atoms with van der Waals surface area (Å²) in [6.07, 6.45) is 10.7. The quantitative estimate of drug-likeness (QED) is 0.260. The van der Waals surface area contributed by atoms with Gasteiger partial charge in [-0.1, -0.05) is 13.0 Å². The van der Waals surface area contributed by atoms with Crippen LogP contribution in [0.1, 0.15) is 56.7 Å². The van der Waals surface area contributed by atoms with E-state index in [9.17, 15) is 14.1 Å². The van der Waals surface area contributed by atoms with E-state index in [0.717, 1.165) is 49.7 Å². The molecular weight excluding hydrogens is 458 g/mol. The van der Waals surface area contributed by atoms with Crippen molar-refractivity contribution < 1.29 is 14.1 Å². The number of carbonyl (C=O) groups excluding carboxylic acids is 2. The van der Waals surface area contributed by atoms with Gasteiger partial charge in [0.05, 0.1) is 21.4 Å². The lowest BCUT2D eigenvalue weighted by molar-refractivity contribution is -0.129. The molecule has 1 N–H and O–H groups in total. The van der Waals surface area contributed by atoms with Gasteiger partial charge in [-0.2, -0.15) is 0 Å². The zero-order chi connectivity index (χ0) is 23.4. The van der Waals surface area contributed by atoms with Gasteiger partial charge in [-0.15, -0.1) is 0 Å². The Kier molecular flexibility index (Phi) is 7.98. The van der Waals surface area contributed by atoms with Crippen molar-refractivity contribution in [1.82, 2.24) is 19.4 Å². The molecule has 178 valence electrons. The fraction of sp³-hybridized carbons (Fsp3) is 0.565. The molecule has 2 aromatic rings. The summed E-state index contributed by atoms with van der Waals surface area (Å²) in [6, 6.07) is 2.13. The van der Waals surface area contributed by atoms with Crippen LogP contribution in [0.15, 0.2) is 31.2 Å². The first-order valence-electron chi connectivity index (χ1n) is 11.6. The molecular formula is C23H31N5O3S2. The number of rotatable bonds is 8. The summed E-state index contributed by atoms with van der Waals surface area (Å²) in [5, 5.41) is 4.73. The molecule has 0 bridgehead atoms. The lowest BCUT2D eigenvalue weighted by atomic mass is 9.99. The molecule has 0 spiro atoms. The number of likely N-dealkylation sites (tertiary alicyclic amines) is 1. The number of aromatic nitrogens is 3. The van der Waals surface area contributed by atoms with Crippen molar-refractivity contribution in [3.63, 3.8) is 0 Å². The van der Waals surface area contributed by atoms with Gasteiger partial charge in [0, 0.05) is 47.9 Å². The molecule has 33 heavy (non-hydrogen) atoms. The molecule has 0 saturated carbocycles. The second-order valence-electron chi connectivity index (χ2n) is 8.76. The van der Waals surface area contributed by atoms with E-state index in [-0.39, 0.29) is 23.9 Å². The van der Waals surface area contributed by atoms with Gasteiger partial charge in [-0.3, -0.25) is 14.2 Å². The van der Waals surface area contributed by atoms with Crippen LogP contribution in [0.4, 0.5) is 5.82 Å². The van der Waals surface area contributed by atoms with E-state index >= 15 is 0 Å². The van der Waals surface area contributed by atoms with Crippen molar-refractivity contribution >= 4 is 49.7 Å². The van der Waals surface area contributed by atoms with Crippen molar-refractivity contribution in [2.24, 2.45) is 0 Å². The number of fused-ring (bicyclic) bond motifs is 1. The van der Waals surface area contributed by atoms with Crippen LogP contribution in [-0.2, 0) is 15.0 Å². The largest absolute Gasteiger partial charge is 0.605 e. The van der Waals surface area contributed by atoms with Gasteiger partial charge in [0.1, 0.15) is 17.9 Å². The molecule has 4 rings (SSSR count). The third kappa shape index (κ3) is 5.73. The Morgan fingerprint density at radius 2 is 2.18 bits per heavy atom. The summed E-state index contributed by atoms with van der Waals surface area (Å²) in [5.74, 6) is 1.44. The number of unbranched alkanes of at least 4 members (excludes halogenated alkanes) is 1. The molecule has 8 nitrogen and oxygen atoms in total. The maximum Gasteiger partial charge on any atom is 0.246 e. The minimum atomic E-state index is -0.718. The second kappa shape index (κ2) is 10.9. The zero-order valence-corrected chi connectivity index (χ0v) is 20.6. The van der Waals surface area contributed by atoms with Gasteiger partial charge in [-0.25, -0.2) is 9.97 Å². The highest BCUT2D eigenvalue weighted by Gasteiger charge is 2.29. The Labute approximate surface area is 201 Å². The average molecular weight is 490 g/mol. The summed E-state index contributed by atoms with van der Waals surface area (Å²) < 4.78 is 13.1. The van der Waals surface area contributed by atoms with Crippen molar-refractivity contribution in [1.29, 1.82) is 0 Å². The normalized spacial score (nSPS) is 25.3. The molecule has 2 aliphatic rings. The number of amides is 1. The monoisotopic (exact) mass is 489 g/mol. The van der Waals surface area contributed by atoms with Crippen molar-refractivity contribution in [3.05, 3.63) is 31.2 Å². The average Bonchev–Trinajstić information content (AvgIpc) is 3.44. The van der Waals surface area contributed by atoms with Crippen molar-refractivity contribution in [3.8, 4) is 0 Å². The van der Waals surface area contributed by atoms with Gasteiger partial charge < -0.3 is 14.8 Å². The van der Waals surface area contributed by atoms with Gasteiger partial charge in [-0.05, 0) is 44.7 Å². The Morgan fingerprint density at radius 3 is 2.94 bits per heavy atom. The van der Waals surface area contributed by atoms with Crippen molar-refractivity contribution in [2.75, 3.05) is 17.6 Å². The molecule has 0 aromatic carbocycles. The minimum Gasteiger partial charge on any atom is -0.605 e. The van der Waals surface area contributed by atoms with Crippen LogP contribution in [0, 0.1) is 0 Å².